The van der Waals surface area contributed by atoms with E-state index in [9.17, 15) is 9.18 Å². The minimum atomic E-state index is -0.341. The lowest BCUT2D eigenvalue weighted by molar-refractivity contribution is -0.116. The fraction of sp³-hybridized carbons (Fsp3) is 0.222. The van der Waals surface area contributed by atoms with Crippen LogP contribution in [-0.4, -0.2) is 10.9 Å². The summed E-state index contributed by atoms with van der Waals surface area (Å²) in [5.41, 5.74) is 2.45. The number of anilines is 1. The predicted molar refractivity (Wildman–Crippen MR) is 87.5 cm³/mol. The summed E-state index contributed by atoms with van der Waals surface area (Å²) in [5.74, 6) is 0.273. The van der Waals surface area contributed by atoms with Crippen molar-refractivity contribution >= 4 is 22.7 Å². The summed E-state index contributed by atoms with van der Waals surface area (Å²) in [6.45, 7) is 3.98. The highest BCUT2D eigenvalue weighted by Crippen LogP contribution is 2.26. The number of oxazole rings is 1. The van der Waals surface area contributed by atoms with Gasteiger partial charge >= 0.3 is 0 Å². The highest BCUT2D eigenvalue weighted by atomic mass is 19.1. The van der Waals surface area contributed by atoms with Crippen molar-refractivity contribution in [2.75, 3.05) is 5.32 Å². The average molecular weight is 312 g/mol. The van der Waals surface area contributed by atoms with Gasteiger partial charge in [0.25, 0.3) is 0 Å². The zero-order chi connectivity index (χ0) is 16.4. The van der Waals surface area contributed by atoms with Gasteiger partial charge in [0.15, 0.2) is 5.58 Å². The van der Waals surface area contributed by atoms with Crippen LogP contribution in [0, 0.1) is 11.7 Å². The molecule has 1 N–H and O–H groups in total. The number of carbonyl (C=O) groups excluding carboxylic acids is 1. The highest BCUT2D eigenvalue weighted by molar-refractivity contribution is 5.93. The van der Waals surface area contributed by atoms with Gasteiger partial charge in [0, 0.05) is 17.7 Å². The van der Waals surface area contributed by atoms with E-state index in [1.165, 1.54) is 12.1 Å². The quantitative estimate of drug-likeness (QED) is 0.765. The molecule has 0 saturated carbocycles. The maximum atomic E-state index is 13.3. The second-order valence-corrected chi connectivity index (χ2v) is 5.86. The number of aromatic nitrogens is 1. The molecular weight excluding hydrogens is 295 g/mol. The summed E-state index contributed by atoms with van der Waals surface area (Å²) in [7, 11) is 0. The van der Waals surface area contributed by atoms with E-state index in [2.05, 4.69) is 10.3 Å². The molecule has 3 aromatic rings. The Labute approximate surface area is 133 Å². The van der Waals surface area contributed by atoms with Crippen molar-refractivity contribution in [2.24, 2.45) is 5.92 Å². The zero-order valence-electron chi connectivity index (χ0n) is 13.0. The molecular formula is C18H17FN2O2. The molecule has 5 heteroatoms. The Balaban J connectivity index is 1.87. The Kier molecular flexibility index (Phi) is 4.10. The number of benzene rings is 2. The number of hydrogen-bond acceptors (Lipinski definition) is 3. The third kappa shape index (κ3) is 3.56. The van der Waals surface area contributed by atoms with Gasteiger partial charge in [-0.05, 0) is 42.3 Å². The molecule has 0 aliphatic heterocycles. The van der Waals surface area contributed by atoms with Crippen molar-refractivity contribution < 1.29 is 13.6 Å². The summed E-state index contributed by atoms with van der Waals surface area (Å²) >= 11 is 0. The number of nitrogens with one attached hydrogen (secondary N) is 1. The standard InChI is InChI=1S/C18H17FN2O2/c1-11(2)8-17(22)20-14-6-7-16-15(10-14)21-18(23-16)12-4-3-5-13(19)9-12/h3-7,9-11H,8H2,1-2H3,(H,20,22). The molecule has 3 rings (SSSR count). The van der Waals surface area contributed by atoms with E-state index < -0.39 is 0 Å². The maximum absolute atomic E-state index is 13.3. The van der Waals surface area contributed by atoms with Crippen LogP contribution in [0.3, 0.4) is 0 Å². The van der Waals surface area contributed by atoms with Crippen molar-refractivity contribution in [3.63, 3.8) is 0 Å². The van der Waals surface area contributed by atoms with Gasteiger partial charge in [-0.15, -0.1) is 0 Å². The third-order valence-electron chi connectivity index (χ3n) is 3.34. The van der Waals surface area contributed by atoms with E-state index >= 15 is 0 Å². The first-order valence-corrected chi connectivity index (χ1v) is 7.47. The molecule has 0 radical (unpaired) electrons. The minimum Gasteiger partial charge on any atom is -0.436 e. The molecule has 2 aromatic carbocycles. The van der Waals surface area contributed by atoms with Crippen molar-refractivity contribution in [1.29, 1.82) is 0 Å². The summed E-state index contributed by atoms with van der Waals surface area (Å²) < 4.78 is 18.9. The second kappa shape index (κ2) is 6.20. The molecule has 0 atom stereocenters. The zero-order valence-corrected chi connectivity index (χ0v) is 13.0. The summed E-state index contributed by atoms with van der Waals surface area (Å²) in [6.07, 6.45) is 0.464. The van der Waals surface area contributed by atoms with Crippen LogP contribution in [-0.2, 0) is 4.79 Å². The number of hydrogen-bond donors (Lipinski definition) is 1. The smallest absolute Gasteiger partial charge is 0.227 e. The number of nitrogens with zero attached hydrogens (tertiary/aromatic N) is 1. The van der Waals surface area contributed by atoms with Gasteiger partial charge in [-0.25, -0.2) is 9.37 Å². The Bertz CT molecular complexity index is 855. The fourth-order valence-electron chi connectivity index (χ4n) is 2.33. The average Bonchev–Trinajstić information content (AvgIpc) is 2.89. The number of carbonyl (C=O) groups is 1. The Morgan fingerprint density at radius 1 is 1.26 bits per heavy atom. The lowest BCUT2D eigenvalue weighted by Gasteiger charge is -2.06. The highest BCUT2D eigenvalue weighted by Gasteiger charge is 2.11. The van der Waals surface area contributed by atoms with Crippen molar-refractivity contribution in [2.45, 2.75) is 20.3 Å². The van der Waals surface area contributed by atoms with Crippen molar-refractivity contribution in [1.82, 2.24) is 4.98 Å². The van der Waals surface area contributed by atoms with Crippen LogP contribution in [0.2, 0.25) is 0 Å². The van der Waals surface area contributed by atoms with Gasteiger partial charge in [-0.1, -0.05) is 19.9 Å². The molecule has 0 saturated heterocycles. The van der Waals surface area contributed by atoms with Gasteiger partial charge in [-0.3, -0.25) is 4.79 Å². The van der Waals surface area contributed by atoms with E-state index in [1.54, 1.807) is 30.3 Å². The maximum Gasteiger partial charge on any atom is 0.227 e. The van der Waals surface area contributed by atoms with E-state index in [-0.39, 0.29) is 11.7 Å². The van der Waals surface area contributed by atoms with Gasteiger partial charge in [0.1, 0.15) is 11.3 Å². The molecule has 1 amide bonds. The Morgan fingerprint density at radius 2 is 2.09 bits per heavy atom. The first kappa shape index (κ1) is 15.2. The van der Waals surface area contributed by atoms with Gasteiger partial charge in [0.05, 0.1) is 0 Å². The minimum absolute atomic E-state index is 0.0341. The summed E-state index contributed by atoms with van der Waals surface area (Å²) in [6, 6.07) is 11.3. The molecule has 4 nitrogen and oxygen atoms in total. The lowest BCUT2D eigenvalue weighted by Crippen LogP contribution is -2.13. The molecule has 0 spiro atoms. The van der Waals surface area contributed by atoms with Crippen LogP contribution < -0.4 is 5.32 Å². The molecule has 0 aliphatic carbocycles. The Hall–Kier alpha value is -2.69. The number of amides is 1. The normalized spacial score (nSPS) is 11.1. The van der Waals surface area contributed by atoms with Gasteiger partial charge < -0.3 is 9.73 Å². The summed E-state index contributed by atoms with van der Waals surface area (Å²) in [5, 5.41) is 2.84. The Morgan fingerprint density at radius 3 is 2.83 bits per heavy atom. The van der Waals surface area contributed by atoms with Crippen molar-refractivity contribution in [3.05, 3.63) is 48.3 Å². The predicted octanol–water partition coefficient (Wildman–Crippen LogP) is 4.62. The summed E-state index contributed by atoms with van der Waals surface area (Å²) in [4.78, 5) is 16.2. The number of halogens is 1. The van der Waals surface area contributed by atoms with Crippen LogP contribution in [0.5, 0.6) is 0 Å². The largest absolute Gasteiger partial charge is 0.436 e. The third-order valence-corrected chi connectivity index (χ3v) is 3.34. The van der Waals surface area contributed by atoms with E-state index in [0.717, 1.165) is 0 Å². The van der Waals surface area contributed by atoms with Crippen LogP contribution in [0.4, 0.5) is 10.1 Å². The molecule has 1 aromatic heterocycles. The number of rotatable bonds is 4. The van der Waals surface area contributed by atoms with Gasteiger partial charge in [0.2, 0.25) is 11.8 Å². The van der Waals surface area contributed by atoms with E-state index in [1.807, 2.05) is 13.8 Å². The molecule has 118 valence electrons. The topological polar surface area (TPSA) is 55.1 Å². The SMILES string of the molecule is CC(C)CC(=O)Nc1ccc2oc(-c3cccc(F)c3)nc2c1. The van der Waals surface area contributed by atoms with Crippen LogP contribution in [0.25, 0.3) is 22.6 Å². The lowest BCUT2D eigenvalue weighted by atomic mass is 10.1. The first-order valence-electron chi connectivity index (χ1n) is 7.47. The first-order chi connectivity index (χ1) is 11.0. The van der Waals surface area contributed by atoms with Crippen LogP contribution in [0.15, 0.2) is 46.9 Å². The monoisotopic (exact) mass is 312 g/mol. The molecule has 0 fully saturated rings. The fourth-order valence-corrected chi connectivity index (χ4v) is 2.33. The molecule has 1 heterocycles. The van der Waals surface area contributed by atoms with E-state index in [0.29, 0.717) is 40.6 Å². The molecule has 23 heavy (non-hydrogen) atoms. The molecule has 0 aliphatic rings. The molecule has 0 unspecified atom stereocenters. The van der Waals surface area contributed by atoms with E-state index in [4.69, 9.17) is 4.42 Å². The van der Waals surface area contributed by atoms with Crippen LogP contribution in [0.1, 0.15) is 20.3 Å². The van der Waals surface area contributed by atoms with Crippen molar-refractivity contribution in [3.8, 4) is 11.5 Å². The number of fused-ring (bicyclic) bond motifs is 1. The van der Waals surface area contributed by atoms with Crippen LogP contribution >= 0.6 is 0 Å². The van der Waals surface area contributed by atoms with Gasteiger partial charge in [-0.2, -0.15) is 0 Å². The second-order valence-electron chi connectivity index (χ2n) is 5.86. The molecule has 0 bridgehead atoms.